The van der Waals surface area contributed by atoms with E-state index in [-0.39, 0.29) is 25.8 Å². The Balaban J connectivity index is 4.12. The molecule has 0 saturated heterocycles. The molecule has 2 atom stereocenters. The lowest BCUT2D eigenvalue weighted by molar-refractivity contribution is -0.870. The molecular formula is C56H105NO7P+. The molecule has 8 nitrogen and oxygen atoms in total. The van der Waals surface area contributed by atoms with Crippen molar-refractivity contribution in [3.63, 3.8) is 0 Å². The molecule has 0 amide bonds. The van der Waals surface area contributed by atoms with Gasteiger partial charge in [-0.15, -0.1) is 0 Å². The molecular weight excluding hydrogens is 830 g/mol. The van der Waals surface area contributed by atoms with Gasteiger partial charge in [0, 0.05) is 13.0 Å². The highest BCUT2D eigenvalue weighted by Gasteiger charge is 2.26. The van der Waals surface area contributed by atoms with Crippen molar-refractivity contribution in [1.82, 2.24) is 0 Å². The van der Waals surface area contributed by atoms with E-state index in [0.717, 1.165) is 70.6 Å². The Morgan fingerprint density at radius 3 is 1.31 bits per heavy atom. The molecule has 0 aromatic heterocycles. The molecule has 1 N–H and O–H groups in total. The number of phosphoric ester groups is 1. The number of quaternary nitrogens is 1. The Kier molecular flexibility index (Phi) is 47.3. The Morgan fingerprint density at radius 2 is 0.892 bits per heavy atom. The SMILES string of the molecule is CC/C=C\C/C=C\C/C=C\C/C=C\C/C=C\CCCCOCC(COP(=O)(O)OCC[N+](C)(C)C)OC(=O)CCCCCCCCCCCCCCCCCCCCCCCCCCC. The smallest absolute Gasteiger partial charge is 0.457 e. The second kappa shape index (κ2) is 48.6. The maximum absolute atomic E-state index is 12.8. The van der Waals surface area contributed by atoms with E-state index >= 15 is 0 Å². The quantitative estimate of drug-likeness (QED) is 0.0214. The summed E-state index contributed by atoms with van der Waals surface area (Å²) >= 11 is 0. The Morgan fingerprint density at radius 1 is 0.492 bits per heavy atom. The van der Waals surface area contributed by atoms with Gasteiger partial charge in [-0.2, -0.15) is 0 Å². The zero-order valence-corrected chi connectivity index (χ0v) is 44.1. The highest BCUT2D eigenvalue weighted by atomic mass is 31.2. The zero-order valence-electron chi connectivity index (χ0n) is 43.2. The molecule has 0 spiro atoms. The van der Waals surface area contributed by atoms with Crippen molar-refractivity contribution in [2.24, 2.45) is 0 Å². The third-order valence-corrected chi connectivity index (χ3v) is 12.6. The maximum atomic E-state index is 12.8. The van der Waals surface area contributed by atoms with Crippen LogP contribution in [0.1, 0.15) is 232 Å². The minimum absolute atomic E-state index is 0.0791. The second-order valence-corrected chi connectivity index (χ2v) is 20.7. The van der Waals surface area contributed by atoms with Gasteiger partial charge in [0.05, 0.1) is 34.4 Å². The Hall–Kier alpha value is -1.80. The molecule has 0 saturated carbocycles. The minimum Gasteiger partial charge on any atom is -0.457 e. The van der Waals surface area contributed by atoms with E-state index in [0.29, 0.717) is 24.1 Å². The van der Waals surface area contributed by atoms with E-state index < -0.39 is 13.9 Å². The first-order valence-electron chi connectivity index (χ1n) is 27.0. The van der Waals surface area contributed by atoms with E-state index in [1.54, 1.807) is 0 Å². The van der Waals surface area contributed by atoms with Gasteiger partial charge in [-0.25, -0.2) is 4.57 Å². The third kappa shape index (κ3) is 53.0. The van der Waals surface area contributed by atoms with Gasteiger partial charge in [0.2, 0.25) is 0 Å². The summed E-state index contributed by atoms with van der Waals surface area (Å²) in [5.41, 5.74) is 0. The van der Waals surface area contributed by atoms with Gasteiger partial charge in [-0.1, -0.05) is 229 Å². The summed E-state index contributed by atoms with van der Waals surface area (Å²) in [6, 6.07) is 0. The number of rotatable bonds is 50. The number of nitrogens with zero attached hydrogens (tertiary/aromatic N) is 1. The number of hydrogen-bond acceptors (Lipinski definition) is 6. The number of esters is 1. The van der Waals surface area contributed by atoms with Crippen molar-refractivity contribution < 1.29 is 37.3 Å². The van der Waals surface area contributed by atoms with Crippen LogP contribution in [0.3, 0.4) is 0 Å². The summed E-state index contributed by atoms with van der Waals surface area (Å²) in [6.07, 6.45) is 62.9. The molecule has 65 heavy (non-hydrogen) atoms. The van der Waals surface area contributed by atoms with Crippen LogP contribution in [0.4, 0.5) is 0 Å². The predicted octanol–water partition coefficient (Wildman–Crippen LogP) is 16.8. The van der Waals surface area contributed by atoms with Crippen molar-refractivity contribution in [3.8, 4) is 0 Å². The van der Waals surface area contributed by atoms with Crippen molar-refractivity contribution in [2.75, 3.05) is 54.1 Å². The molecule has 0 aliphatic rings. The molecule has 0 radical (unpaired) electrons. The van der Waals surface area contributed by atoms with Gasteiger partial charge < -0.3 is 18.9 Å². The summed E-state index contributed by atoms with van der Waals surface area (Å²) in [6.45, 7) is 5.43. The van der Waals surface area contributed by atoms with E-state index in [1.165, 1.54) is 141 Å². The van der Waals surface area contributed by atoms with Crippen LogP contribution in [0.25, 0.3) is 0 Å². The molecule has 0 rings (SSSR count). The number of carbonyl (C=O) groups is 1. The van der Waals surface area contributed by atoms with Crippen LogP contribution < -0.4 is 0 Å². The van der Waals surface area contributed by atoms with E-state index in [1.807, 2.05) is 21.1 Å². The number of carbonyl (C=O) groups excluding carboxylic acids is 1. The first-order chi connectivity index (χ1) is 31.6. The van der Waals surface area contributed by atoms with Gasteiger partial charge in [-0.3, -0.25) is 13.8 Å². The van der Waals surface area contributed by atoms with Gasteiger partial charge in [0.25, 0.3) is 0 Å². The zero-order chi connectivity index (χ0) is 47.6. The average Bonchev–Trinajstić information content (AvgIpc) is 3.27. The van der Waals surface area contributed by atoms with Gasteiger partial charge >= 0.3 is 13.8 Å². The van der Waals surface area contributed by atoms with Gasteiger partial charge in [0.15, 0.2) is 0 Å². The lowest BCUT2D eigenvalue weighted by atomic mass is 10.0. The van der Waals surface area contributed by atoms with Gasteiger partial charge in [-0.05, 0) is 57.8 Å². The van der Waals surface area contributed by atoms with E-state index in [2.05, 4.69) is 74.6 Å². The number of allylic oxidation sites excluding steroid dienone is 10. The standard InChI is InChI=1S/C56H104NO7P/c1-6-8-10-12-14-16-18-20-22-24-26-27-28-29-30-31-32-33-35-37-39-41-43-45-47-49-56(58)64-55(54-63-65(59,60)62-52-50-57(3,4)5)53-61-51-48-46-44-42-40-38-36-34-25-23-21-19-17-15-13-11-9-7-2/h9,11,15,17,21,23,34,36,40,42,55H,6-8,10,12-14,16,18-20,22,24-33,35,37-39,41,43-54H2,1-5H3/p+1/b11-9-,17-15-,23-21-,36-34-,42-40-. The van der Waals surface area contributed by atoms with E-state index in [4.69, 9.17) is 18.5 Å². The monoisotopic (exact) mass is 935 g/mol. The minimum atomic E-state index is -4.30. The summed E-state index contributed by atoms with van der Waals surface area (Å²) < 4.78 is 35.1. The Labute approximate surface area is 402 Å². The van der Waals surface area contributed by atoms with Crippen LogP contribution in [0.15, 0.2) is 60.8 Å². The van der Waals surface area contributed by atoms with Crippen LogP contribution in [0.5, 0.6) is 0 Å². The lowest BCUT2D eigenvalue weighted by Gasteiger charge is -2.24. The lowest BCUT2D eigenvalue weighted by Crippen LogP contribution is -2.37. The molecule has 9 heteroatoms. The Bertz CT molecular complexity index is 1220. The third-order valence-electron chi connectivity index (χ3n) is 11.6. The van der Waals surface area contributed by atoms with E-state index in [9.17, 15) is 14.3 Å². The number of phosphoric acid groups is 1. The maximum Gasteiger partial charge on any atom is 0.472 e. The fourth-order valence-electron chi connectivity index (χ4n) is 7.46. The fourth-order valence-corrected chi connectivity index (χ4v) is 8.21. The van der Waals surface area contributed by atoms with Crippen LogP contribution >= 0.6 is 7.82 Å². The number of unbranched alkanes of at least 4 members (excludes halogenated alkanes) is 26. The number of likely N-dealkylation sites (N-methyl/N-ethyl adjacent to an activating group) is 1. The topological polar surface area (TPSA) is 91.3 Å². The van der Waals surface area contributed by atoms with Crippen LogP contribution in [0.2, 0.25) is 0 Å². The number of hydrogen-bond donors (Lipinski definition) is 1. The summed E-state index contributed by atoms with van der Waals surface area (Å²) in [5, 5.41) is 0. The summed E-state index contributed by atoms with van der Waals surface area (Å²) in [7, 11) is 1.64. The van der Waals surface area contributed by atoms with Crippen molar-refractivity contribution in [1.29, 1.82) is 0 Å². The molecule has 0 aliphatic heterocycles. The summed E-state index contributed by atoms with van der Waals surface area (Å²) in [4.78, 5) is 23.0. The van der Waals surface area contributed by atoms with Crippen molar-refractivity contribution >= 4 is 13.8 Å². The molecule has 0 aliphatic carbocycles. The van der Waals surface area contributed by atoms with Crippen LogP contribution in [-0.2, 0) is 27.9 Å². The molecule has 0 heterocycles. The molecule has 380 valence electrons. The average molecular weight is 935 g/mol. The first kappa shape index (κ1) is 63.2. The van der Waals surface area contributed by atoms with Crippen LogP contribution in [0, 0.1) is 0 Å². The highest BCUT2D eigenvalue weighted by Crippen LogP contribution is 2.43. The van der Waals surface area contributed by atoms with Crippen molar-refractivity contribution in [2.45, 2.75) is 238 Å². The first-order valence-corrected chi connectivity index (χ1v) is 28.5. The molecule has 2 unspecified atom stereocenters. The second-order valence-electron chi connectivity index (χ2n) is 19.2. The van der Waals surface area contributed by atoms with Crippen molar-refractivity contribution in [3.05, 3.63) is 60.8 Å². The van der Waals surface area contributed by atoms with Crippen LogP contribution in [-0.4, -0.2) is 75.6 Å². The molecule has 0 aromatic rings. The normalized spacial score (nSPS) is 14.0. The highest BCUT2D eigenvalue weighted by molar-refractivity contribution is 7.47. The molecule has 0 aromatic carbocycles. The fraction of sp³-hybridized carbons (Fsp3) is 0.804. The number of ether oxygens (including phenoxy) is 2. The van der Waals surface area contributed by atoms with Gasteiger partial charge in [0.1, 0.15) is 19.3 Å². The predicted molar refractivity (Wildman–Crippen MR) is 279 cm³/mol. The largest absolute Gasteiger partial charge is 0.472 e. The molecule has 0 bridgehead atoms. The summed E-state index contributed by atoms with van der Waals surface area (Å²) in [5.74, 6) is -0.326. The molecule has 0 fully saturated rings.